The fourth-order valence-electron chi connectivity index (χ4n) is 12.8. The molecule has 19 nitrogen and oxygen atoms in total. The van der Waals surface area contributed by atoms with Gasteiger partial charge in [-0.15, -0.1) is 0 Å². The molecule has 3 rings (SSSR count). The molecule has 0 spiro atoms. The summed E-state index contributed by atoms with van der Waals surface area (Å²) in [5, 5.41) is 121. The third kappa shape index (κ3) is 44.5. The van der Waals surface area contributed by atoms with Crippen LogP contribution in [0.25, 0.3) is 0 Å². The number of carbonyl (C=O) groups excluding carboxylic acids is 1. The van der Waals surface area contributed by atoms with E-state index in [-0.39, 0.29) is 18.9 Å². The van der Waals surface area contributed by atoms with Gasteiger partial charge < -0.3 is 89.9 Å². The van der Waals surface area contributed by atoms with E-state index in [1.54, 1.807) is 6.08 Å². The minimum absolute atomic E-state index is 0.199. The van der Waals surface area contributed by atoms with Gasteiger partial charge in [0, 0.05) is 6.42 Å². The number of ether oxygens (including phenoxy) is 6. The number of carbonyl (C=O) groups is 1. The molecule has 606 valence electrons. The van der Waals surface area contributed by atoms with Crippen molar-refractivity contribution >= 4 is 5.91 Å². The standard InChI is InChI=1S/C87H145NO18/c1-3-5-7-9-11-13-15-17-19-21-23-25-27-29-31-33-34-35-36-37-39-41-43-45-47-49-51-53-55-57-59-61-63-65-75(93)88-70(71(92)64-62-60-58-56-54-52-50-48-46-44-42-40-38-32-30-28-26-24-22-20-18-16-14-12-10-8-6-4-2)69-101-85-81(99)78(96)83(73(67-90)103-85)106-87-82(100)79(97)84(74(68-91)104-87)105-86-80(98)77(95)76(94)72(66-89)102-86/h5,7,11,13,17,19,23,25,29,31,34-35,37,39,43,45-46,48-49,51,54,56,62,64,70-74,76-87,89-92,94-100H,3-4,6,8-10,12,14-16,18,20-22,24,26-28,30,32-33,36,38,40-42,44,47,50,52-53,55,57-61,63,65-69H2,1-2H3,(H,88,93)/b7-5-,13-11-,19-17-,25-23-,31-29-,35-34-,39-37-,45-43-,48-46+,51-49-,56-54+,64-62+. The Hall–Kier alpha value is -4.33. The summed E-state index contributed by atoms with van der Waals surface area (Å²) >= 11 is 0. The zero-order valence-electron chi connectivity index (χ0n) is 64.9. The predicted octanol–water partition coefficient (Wildman–Crippen LogP) is 14.2. The van der Waals surface area contributed by atoms with Crippen molar-refractivity contribution in [3.8, 4) is 0 Å². The van der Waals surface area contributed by atoms with Crippen LogP contribution in [0.1, 0.15) is 264 Å². The number of aliphatic hydroxyl groups is 11. The van der Waals surface area contributed by atoms with Gasteiger partial charge in [0.25, 0.3) is 0 Å². The van der Waals surface area contributed by atoms with Crippen LogP contribution in [0.2, 0.25) is 0 Å². The third-order valence-corrected chi connectivity index (χ3v) is 19.3. The fourth-order valence-corrected chi connectivity index (χ4v) is 12.8. The minimum atomic E-state index is -1.99. The average molecular weight is 1490 g/mol. The van der Waals surface area contributed by atoms with Crippen molar-refractivity contribution < 1.29 is 89.4 Å². The molecule has 0 saturated carbocycles. The maximum absolute atomic E-state index is 13.5. The fraction of sp³-hybridized carbons (Fsp3) is 0.713. The first kappa shape index (κ1) is 95.9. The predicted molar refractivity (Wildman–Crippen MR) is 424 cm³/mol. The number of amides is 1. The van der Waals surface area contributed by atoms with Gasteiger partial charge >= 0.3 is 0 Å². The molecule has 1 amide bonds. The summed E-state index contributed by atoms with van der Waals surface area (Å²) in [5.74, 6) is -0.313. The average Bonchev–Trinajstić information content (AvgIpc) is 0.781. The van der Waals surface area contributed by atoms with E-state index >= 15 is 0 Å². The van der Waals surface area contributed by atoms with Crippen LogP contribution >= 0.6 is 0 Å². The van der Waals surface area contributed by atoms with Gasteiger partial charge in [0.15, 0.2) is 18.9 Å². The van der Waals surface area contributed by atoms with Crippen LogP contribution in [-0.2, 0) is 33.2 Å². The maximum atomic E-state index is 13.5. The molecule has 0 aromatic carbocycles. The zero-order valence-corrected chi connectivity index (χ0v) is 64.9. The molecule has 0 aromatic heterocycles. The number of allylic oxidation sites excluding steroid dienone is 23. The van der Waals surface area contributed by atoms with Crippen molar-refractivity contribution in [2.45, 2.75) is 369 Å². The molecule has 106 heavy (non-hydrogen) atoms. The van der Waals surface area contributed by atoms with Crippen molar-refractivity contribution in [1.82, 2.24) is 5.32 Å². The van der Waals surface area contributed by atoms with Crippen LogP contribution < -0.4 is 5.32 Å². The quantitative estimate of drug-likeness (QED) is 0.0199. The third-order valence-electron chi connectivity index (χ3n) is 19.3. The number of unbranched alkanes of at least 4 members (excludes halogenated alkanes) is 25. The van der Waals surface area contributed by atoms with Gasteiger partial charge in [-0.3, -0.25) is 4.79 Å². The van der Waals surface area contributed by atoms with Crippen LogP contribution in [0.15, 0.2) is 146 Å². The summed E-state index contributed by atoms with van der Waals surface area (Å²) in [6.45, 7) is 1.59. The highest BCUT2D eigenvalue weighted by molar-refractivity contribution is 5.76. The van der Waals surface area contributed by atoms with Crippen molar-refractivity contribution in [1.29, 1.82) is 0 Å². The van der Waals surface area contributed by atoms with E-state index in [1.807, 2.05) is 6.08 Å². The molecular weight excluding hydrogens is 1350 g/mol. The van der Waals surface area contributed by atoms with E-state index in [0.717, 1.165) is 116 Å². The van der Waals surface area contributed by atoms with E-state index in [4.69, 9.17) is 28.4 Å². The van der Waals surface area contributed by atoms with Crippen molar-refractivity contribution in [3.63, 3.8) is 0 Å². The smallest absolute Gasteiger partial charge is 0.220 e. The molecule has 3 heterocycles. The van der Waals surface area contributed by atoms with Crippen LogP contribution in [0, 0.1) is 0 Å². The highest BCUT2D eigenvalue weighted by Gasteiger charge is 2.54. The first-order valence-corrected chi connectivity index (χ1v) is 41.1. The highest BCUT2D eigenvalue weighted by atomic mass is 16.8. The zero-order chi connectivity index (χ0) is 76.7. The normalized spacial score (nSPS) is 26.4. The van der Waals surface area contributed by atoms with Gasteiger partial charge in [-0.25, -0.2) is 0 Å². The van der Waals surface area contributed by atoms with E-state index in [9.17, 15) is 61.0 Å². The highest BCUT2D eigenvalue weighted by Crippen LogP contribution is 2.33. The maximum Gasteiger partial charge on any atom is 0.220 e. The molecule has 17 atom stereocenters. The number of hydrogen-bond donors (Lipinski definition) is 12. The molecule has 3 fully saturated rings. The summed E-state index contributed by atoms with van der Waals surface area (Å²) in [5.41, 5.74) is 0. The second-order valence-corrected chi connectivity index (χ2v) is 28.5. The van der Waals surface area contributed by atoms with E-state index < -0.39 is 124 Å². The minimum Gasteiger partial charge on any atom is -0.394 e. The second kappa shape index (κ2) is 65.4. The van der Waals surface area contributed by atoms with E-state index in [2.05, 4.69) is 153 Å². The molecule has 3 saturated heterocycles. The Balaban J connectivity index is 1.41. The van der Waals surface area contributed by atoms with E-state index in [1.165, 1.54) is 116 Å². The van der Waals surface area contributed by atoms with Gasteiger partial charge in [-0.1, -0.05) is 288 Å². The molecule has 0 bridgehead atoms. The Bertz CT molecular complexity index is 2490. The molecule has 12 N–H and O–H groups in total. The van der Waals surface area contributed by atoms with Crippen molar-refractivity contribution in [2.24, 2.45) is 0 Å². The number of rotatable bonds is 63. The molecule has 3 aliphatic heterocycles. The molecule has 0 aromatic rings. The monoisotopic (exact) mass is 1490 g/mol. The Kier molecular flexibility index (Phi) is 59.1. The lowest BCUT2D eigenvalue weighted by molar-refractivity contribution is -0.379. The van der Waals surface area contributed by atoms with Crippen LogP contribution in [-0.4, -0.2) is 193 Å². The van der Waals surface area contributed by atoms with Gasteiger partial charge in [-0.05, 0) is 116 Å². The van der Waals surface area contributed by atoms with Gasteiger partial charge in [-0.2, -0.15) is 0 Å². The summed E-state index contributed by atoms with van der Waals surface area (Å²) < 4.78 is 34.4. The molecule has 17 unspecified atom stereocenters. The van der Waals surface area contributed by atoms with Gasteiger partial charge in [0.1, 0.15) is 73.2 Å². The van der Waals surface area contributed by atoms with Crippen molar-refractivity contribution in [3.05, 3.63) is 146 Å². The molecule has 3 aliphatic rings. The molecule has 0 aliphatic carbocycles. The lowest BCUT2D eigenvalue weighted by atomic mass is 9.96. The van der Waals surface area contributed by atoms with E-state index in [0.29, 0.717) is 12.8 Å². The Labute approximate surface area is 638 Å². The molecular formula is C87H145NO18. The van der Waals surface area contributed by atoms with Crippen molar-refractivity contribution in [2.75, 3.05) is 26.4 Å². The summed E-state index contributed by atoms with van der Waals surface area (Å²) in [7, 11) is 0. The van der Waals surface area contributed by atoms with Crippen LogP contribution in [0.5, 0.6) is 0 Å². The van der Waals surface area contributed by atoms with Gasteiger partial charge in [0.05, 0.1) is 38.6 Å². The second-order valence-electron chi connectivity index (χ2n) is 28.5. The lowest BCUT2D eigenvalue weighted by Crippen LogP contribution is -2.66. The number of aliphatic hydroxyl groups excluding tert-OH is 11. The molecule has 19 heteroatoms. The van der Waals surface area contributed by atoms with Crippen LogP contribution in [0.3, 0.4) is 0 Å². The molecule has 0 radical (unpaired) electrons. The first-order valence-electron chi connectivity index (χ1n) is 41.1. The summed E-state index contributed by atoms with van der Waals surface area (Å²) in [6, 6.07) is -1.02. The Morgan fingerprint density at radius 2 is 0.660 bits per heavy atom. The van der Waals surface area contributed by atoms with Crippen LogP contribution in [0.4, 0.5) is 0 Å². The number of hydrogen-bond acceptors (Lipinski definition) is 18. The Morgan fingerprint density at radius 1 is 0.349 bits per heavy atom. The van der Waals surface area contributed by atoms with Gasteiger partial charge in [0.2, 0.25) is 5.91 Å². The first-order chi connectivity index (χ1) is 51.8. The topological polar surface area (TPSA) is 307 Å². The summed E-state index contributed by atoms with van der Waals surface area (Å²) in [6.07, 6.45) is 68.3. The lowest BCUT2D eigenvalue weighted by Gasteiger charge is -2.48. The number of nitrogens with one attached hydrogen (secondary N) is 1. The SMILES string of the molecule is CC/C=C\C/C=C\C/C=C\C/C=C\C/C=C\C/C=C\C/C=C\C/C=C\C/C=C\CCCCCCCC(=O)NC(COC1OC(CO)C(OC2OC(CO)C(OC3OC(CO)C(O)C(O)C3O)C(O)C2O)C(O)C1O)C(O)/C=C/CC/C=C/CC/C=C/CCCCCCCCCCCCCCCCCCCC. The Morgan fingerprint density at radius 3 is 1.06 bits per heavy atom. The summed E-state index contributed by atoms with van der Waals surface area (Å²) in [4.78, 5) is 13.5. The largest absolute Gasteiger partial charge is 0.394 e.